The highest BCUT2D eigenvalue weighted by molar-refractivity contribution is 5.73. The third-order valence-electron chi connectivity index (χ3n) is 4.85. The van der Waals surface area contributed by atoms with E-state index in [2.05, 4.69) is 4.98 Å². The minimum Gasteiger partial charge on any atom is -0.288 e. The van der Waals surface area contributed by atoms with Gasteiger partial charge >= 0.3 is 5.69 Å². The van der Waals surface area contributed by atoms with Gasteiger partial charge in [0.1, 0.15) is 0 Å². The van der Waals surface area contributed by atoms with Crippen LogP contribution in [0.4, 0.5) is 0 Å². The first kappa shape index (κ1) is 18.6. The average molecular weight is 383 g/mol. The Hall–Kier alpha value is -3.73. The fourth-order valence-electron chi connectivity index (χ4n) is 3.36. The molecule has 2 heterocycles. The number of benzene rings is 2. The number of allylic oxidation sites excluding steroid dienone is 1. The van der Waals surface area contributed by atoms with Crippen molar-refractivity contribution < 1.29 is 0 Å². The Kier molecular flexibility index (Phi) is 5.47. The number of pyridine rings is 1. The van der Waals surface area contributed by atoms with Crippen LogP contribution in [0, 0.1) is 0 Å². The monoisotopic (exact) mass is 383 g/mol. The van der Waals surface area contributed by atoms with Gasteiger partial charge in [0.05, 0.1) is 5.52 Å². The summed E-state index contributed by atoms with van der Waals surface area (Å²) in [7, 11) is 0. The molecule has 0 aliphatic carbocycles. The van der Waals surface area contributed by atoms with Crippen LogP contribution in [0.5, 0.6) is 0 Å². The molecule has 5 heteroatoms. The summed E-state index contributed by atoms with van der Waals surface area (Å²) in [5, 5.41) is 0. The first-order chi connectivity index (χ1) is 14.2. The van der Waals surface area contributed by atoms with Crippen molar-refractivity contribution in [1.29, 1.82) is 0 Å². The van der Waals surface area contributed by atoms with E-state index in [0.29, 0.717) is 30.5 Å². The van der Waals surface area contributed by atoms with E-state index < -0.39 is 0 Å². The zero-order valence-electron chi connectivity index (χ0n) is 15.9. The Morgan fingerprint density at radius 3 is 2.31 bits per heavy atom. The molecule has 0 radical (unpaired) electrons. The van der Waals surface area contributed by atoms with Crippen molar-refractivity contribution >= 4 is 17.1 Å². The largest absolute Gasteiger partial charge is 0.331 e. The van der Waals surface area contributed by atoms with E-state index in [9.17, 15) is 9.59 Å². The number of hydrogen-bond donors (Lipinski definition) is 0. The average Bonchev–Trinajstić information content (AvgIpc) is 2.77. The van der Waals surface area contributed by atoms with Crippen molar-refractivity contribution in [2.45, 2.75) is 19.5 Å². The molecule has 0 unspecified atom stereocenters. The SMILES string of the molecule is O=c1c2ncccc2n(C/C=C/c2ccccc2)c(=O)n1CCc1ccccc1. The Balaban J connectivity index is 1.71. The maximum atomic E-state index is 13.1. The van der Waals surface area contributed by atoms with E-state index in [1.54, 1.807) is 22.9 Å². The first-order valence-corrected chi connectivity index (χ1v) is 9.58. The summed E-state index contributed by atoms with van der Waals surface area (Å²) >= 11 is 0. The van der Waals surface area contributed by atoms with Gasteiger partial charge in [-0.25, -0.2) is 9.78 Å². The van der Waals surface area contributed by atoms with E-state index in [4.69, 9.17) is 0 Å². The highest BCUT2D eigenvalue weighted by Gasteiger charge is 2.13. The van der Waals surface area contributed by atoms with E-state index in [1.807, 2.05) is 72.8 Å². The van der Waals surface area contributed by atoms with Gasteiger partial charge in [0.15, 0.2) is 5.52 Å². The Labute approximate surface area is 168 Å². The summed E-state index contributed by atoms with van der Waals surface area (Å²) in [5.41, 5.74) is 2.34. The number of hydrogen-bond acceptors (Lipinski definition) is 3. The Morgan fingerprint density at radius 1 is 0.828 bits per heavy atom. The minimum atomic E-state index is -0.343. The molecule has 4 aromatic rings. The van der Waals surface area contributed by atoms with Crippen LogP contribution in [0.15, 0.2) is 94.7 Å². The van der Waals surface area contributed by atoms with Gasteiger partial charge in [0.25, 0.3) is 5.56 Å². The second kappa shape index (κ2) is 8.52. The van der Waals surface area contributed by atoms with Gasteiger partial charge in [-0.15, -0.1) is 0 Å². The van der Waals surface area contributed by atoms with Gasteiger partial charge in [-0.2, -0.15) is 0 Å². The van der Waals surface area contributed by atoms with Crippen LogP contribution >= 0.6 is 0 Å². The molecular weight excluding hydrogens is 362 g/mol. The summed E-state index contributed by atoms with van der Waals surface area (Å²) in [4.78, 5) is 30.3. The molecular formula is C24H21N3O2. The molecule has 5 nitrogen and oxygen atoms in total. The molecule has 0 fully saturated rings. The predicted octanol–water partition coefficient (Wildman–Crippen LogP) is 3.51. The summed E-state index contributed by atoms with van der Waals surface area (Å²) < 4.78 is 2.90. The molecule has 144 valence electrons. The highest BCUT2D eigenvalue weighted by atomic mass is 16.2. The number of rotatable bonds is 6. The quantitative estimate of drug-likeness (QED) is 0.512. The number of fused-ring (bicyclic) bond motifs is 1. The normalized spacial score (nSPS) is 11.3. The molecule has 0 atom stereocenters. The first-order valence-electron chi connectivity index (χ1n) is 9.58. The lowest BCUT2D eigenvalue weighted by molar-refractivity contribution is 0.592. The predicted molar refractivity (Wildman–Crippen MR) is 116 cm³/mol. The van der Waals surface area contributed by atoms with E-state index in [-0.39, 0.29) is 11.2 Å². The zero-order chi connectivity index (χ0) is 20.1. The molecule has 0 bridgehead atoms. The summed E-state index contributed by atoms with van der Waals surface area (Å²) in [6, 6.07) is 23.2. The van der Waals surface area contributed by atoms with Crippen molar-refractivity contribution in [3.05, 3.63) is 117 Å². The van der Waals surface area contributed by atoms with Gasteiger partial charge in [0.2, 0.25) is 0 Å². The summed E-state index contributed by atoms with van der Waals surface area (Å²) in [5.74, 6) is 0. The molecule has 2 aromatic carbocycles. The second-order valence-electron chi connectivity index (χ2n) is 6.77. The smallest absolute Gasteiger partial charge is 0.288 e. The number of aromatic nitrogens is 3. The van der Waals surface area contributed by atoms with Gasteiger partial charge in [-0.1, -0.05) is 72.8 Å². The fourth-order valence-corrected chi connectivity index (χ4v) is 3.36. The van der Waals surface area contributed by atoms with Crippen LogP contribution in [-0.4, -0.2) is 14.1 Å². The minimum absolute atomic E-state index is 0.313. The molecule has 29 heavy (non-hydrogen) atoms. The number of aryl methyl sites for hydroxylation is 1. The second-order valence-corrected chi connectivity index (χ2v) is 6.77. The van der Waals surface area contributed by atoms with Crippen LogP contribution in [0.25, 0.3) is 17.1 Å². The van der Waals surface area contributed by atoms with Crippen LogP contribution in [0.2, 0.25) is 0 Å². The Morgan fingerprint density at radius 2 is 1.55 bits per heavy atom. The van der Waals surface area contributed by atoms with Crippen molar-refractivity contribution in [3.63, 3.8) is 0 Å². The van der Waals surface area contributed by atoms with E-state index in [0.717, 1.165) is 11.1 Å². The van der Waals surface area contributed by atoms with Crippen molar-refractivity contribution in [2.24, 2.45) is 0 Å². The maximum Gasteiger partial charge on any atom is 0.331 e. The molecule has 0 saturated carbocycles. The molecule has 0 amide bonds. The van der Waals surface area contributed by atoms with Crippen LogP contribution in [-0.2, 0) is 19.5 Å². The van der Waals surface area contributed by atoms with Crippen molar-refractivity contribution in [1.82, 2.24) is 14.1 Å². The van der Waals surface area contributed by atoms with Gasteiger partial charge in [0, 0.05) is 19.3 Å². The molecule has 0 aliphatic heterocycles. The Bertz CT molecular complexity index is 1260. The van der Waals surface area contributed by atoms with Crippen LogP contribution < -0.4 is 11.2 Å². The molecule has 0 N–H and O–H groups in total. The third kappa shape index (κ3) is 4.09. The topological polar surface area (TPSA) is 56.9 Å². The molecule has 0 spiro atoms. The van der Waals surface area contributed by atoms with Gasteiger partial charge < -0.3 is 0 Å². The van der Waals surface area contributed by atoms with Crippen LogP contribution in [0.1, 0.15) is 11.1 Å². The van der Waals surface area contributed by atoms with Gasteiger partial charge in [-0.3, -0.25) is 13.9 Å². The van der Waals surface area contributed by atoms with Crippen LogP contribution in [0.3, 0.4) is 0 Å². The maximum absolute atomic E-state index is 13.1. The lowest BCUT2D eigenvalue weighted by atomic mass is 10.1. The van der Waals surface area contributed by atoms with Crippen molar-refractivity contribution in [2.75, 3.05) is 0 Å². The van der Waals surface area contributed by atoms with E-state index >= 15 is 0 Å². The number of nitrogens with zero attached hydrogens (tertiary/aromatic N) is 3. The molecule has 2 aromatic heterocycles. The molecule has 0 aliphatic rings. The van der Waals surface area contributed by atoms with Crippen molar-refractivity contribution in [3.8, 4) is 0 Å². The fraction of sp³-hybridized carbons (Fsp3) is 0.125. The van der Waals surface area contributed by atoms with E-state index in [1.165, 1.54) is 4.57 Å². The lowest BCUT2D eigenvalue weighted by Crippen LogP contribution is -2.40. The molecule has 4 rings (SSSR count). The molecule has 0 saturated heterocycles. The third-order valence-corrected chi connectivity index (χ3v) is 4.85. The highest BCUT2D eigenvalue weighted by Crippen LogP contribution is 2.07. The standard InChI is InChI=1S/C24H21N3O2/c28-23-22-21(14-7-16-25-22)26(17-8-13-19-9-3-1-4-10-19)24(29)27(23)18-15-20-11-5-2-6-12-20/h1-14,16H,15,17-18H2/b13-8+. The zero-order valence-corrected chi connectivity index (χ0v) is 15.9. The summed E-state index contributed by atoms with van der Waals surface area (Å²) in [6.45, 7) is 0.679. The lowest BCUT2D eigenvalue weighted by Gasteiger charge is -2.12. The summed E-state index contributed by atoms with van der Waals surface area (Å²) in [6.07, 6.45) is 6.08. The van der Waals surface area contributed by atoms with Gasteiger partial charge in [-0.05, 0) is 29.7 Å².